The zero-order valence-corrected chi connectivity index (χ0v) is 16.9. The molecule has 0 bridgehead atoms. The van der Waals surface area contributed by atoms with Gasteiger partial charge in [0.1, 0.15) is 0 Å². The number of nitrogens with zero attached hydrogens (tertiary/aromatic N) is 1. The van der Waals surface area contributed by atoms with Gasteiger partial charge in [-0.1, -0.05) is 36.4 Å². The zero-order valence-electron chi connectivity index (χ0n) is 16.1. The minimum atomic E-state index is 0.518. The first-order chi connectivity index (χ1) is 12.5. The molecule has 1 aromatic carbocycles. The van der Waals surface area contributed by atoms with Crippen molar-refractivity contribution in [3.8, 4) is 0 Å². The molecule has 1 saturated carbocycles. The maximum atomic E-state index is 4.77. The van der Waals surface area contributed by atoms with Gasteiger partial charge in [-0.3, -0.25) is 0 Å². The molecule has 3 aliphatic rings. The van der Waals surface area contributed by atoms with E-state index in [-0.39, 0.29) is 0 Å². The maximum Gasteiger partial charge on any atom is 0.166 e. The largest absolute Gasteiger partial charge is 0.333 e. The van der Waals surface area contributed by atoms with Crippen molar-refractivity contribution in [2.45, 2.75) is 52.1 Å². The van der Waals surface area contributed by atoms with Crippen molar-refractivity contribution in [1.29, 1.82) is 0 Å². The van der Waals surface area contributed by atoms with Crippen molar-refractivity contribution in [3.63, 3.8) is 0 Å². The number of aromatic nitrogens is 2. The molecule has 0 saturated heterocycles. The Morgan fingerprint density at radius 2 is 2.04 bits per heavy atom. The first-order valence-electron chi connectivity index (χ1n) is 9.69. The second-order valence-corrected chi connectivity index (χ2v) is 9.41. The smallest absolute Gasteiger partial charge is 0.166 e. The molecule has 0 radical (unpaired) electrons. The molecule has 1 fully saturated rings. The molecule has 2 aromatic rings. The molecule has 1 aromatic heterocycles. The number of H-pyrrole nitrogens is 1. The first-order valence-corrected chi connectivity index (χ1v) is 10.7. The Bertz CT molecular complexity index is 1010. The van der Waals surface area contributed by atoms with Gasteiger partial charge in [0.05, 0.1) is 11.0 Å². The van der Waals surface area contributed by atoms with Crippen LogP contribution in [-0.4, -0.2) is 15.7 Å². The Hall–Kier alpha value is -1.74. The summed E-state index contributed by atoms with van der Waals surface area (Å²) in [4.78, 5) is 8.26. The van der Waals surface area contributed by atoms with E-state index in [1.165, 1.54) is 36.0 Å². The number of aryl methyl sites for hydroxylation is 1. The lowest BCUT2D eigenvalue weighted by molar-refractivity contribution is 0.370. The molecule has 26 heavy (non-hydrogen) atoms. The van der Waals surface area contributed by atoms with Gasteiger partial charge in [-0.05, 0) is 91.4 Å². The van der Waals surface area contributed by atoms with Crippen LogP contribution >= 0.6 is 11.8 Å². The van der Waals surface area contributed by atoms with Crippen LogP contribution < -0.4 is 0 Å². The molecule has 5 rings (SSSR count). The summed E-state index contributed by atoms with van der Waals surface area (Å²) < 4.78 is 0. The van der Waals surface area contributed by atoms with Gasteiger partial charge >= 0.3 is 0 Å². The van der Waals surface area contributed by atoms with Crippen LogP contribution in [0.15, 0.2) is 57.3 Å². The highest BCUT2D eigenvalue weighted by Crippen LogP contribution is 2.64. The van der Waals surface area contributed by atoms with Crippen LogP contribution in [0.4, 0.5) is 0 Å². The van der Waals surface area contributed by atoms with Crippen LogP contribution in [0.25, 0.3) is 11.0 Å². The molecule has 1 spiro atoms. The van der Waals surface area contributed by atoms with Crippen molar-refractivity contribution in [3.05, 3.63) is 57.7 Å². The van der Waals surface area contributed by atoms with Crippen molar-refractivity contribution in [1.82, 2.24) is 9.97 Å². The SMILES string of the molecule is CC1=C(CSc2nc3ccc(C)cc3[nH]2)C2=C(C)C3(CC3)[C@H](C)CC2=C1. The van der Waals surface area contributed by atoms with Crippen LogP contribution in [0.2, 0.25) is 0 Å². The van der Waals surface area contributed by atoms with Gasteiger partial charge in [-0.25, -0.2) is 4.98 Å². The number of nitrogens with one attached hydrogen (secondary N) is 1. The number of fused-ring (bicyclic) bond motifs is 2. The molecule has 134 valence electrons. The lowest BCUT2D eigenvalue weighted by atomic mass is 9.71. The Labute approximate surface area is 159 Å². The van der Waals surface area contributed by atoms with Gasteiger partial charge in [0.15, 0.2) is 5.16 Å². The minimum absolute atomic E-state index is 0.518. The Morgan fingerprint density at radius 3 is 2.81 bits per heavy atom. The van der Waals surface area contributed by atoms with Crippen LogP contribution in [0.3, 0.4) is 0 Å². The van der Waals surface area contributed by atoms with E-state index in [1.807, 2.05) is 11.8 Å². The average Bonchev–Trinajstić information content (AvgIpc) is 3.21. The van der Waals surface area contributed by atoms with Gasteiger partial charge in [-0.15, -0.1) is 0 Å². The summed E-state index contributed by atoms with van der Waals surface area (Å²) in [6, 6.07) is 6.42. The first kappa shape index (κ1) is 16.4. The van der Waals surface area contributed by atoms with E-state index in [2.05, 4.69) is 57.0 Å². The normalized spacial score (nSPS) is 23.8. The molecule has 0 amide bonds. The van der Waals surface area contributed by atoms with Crippen molar-refractivity contribution in [2.75, 3.05) is 5.75 Å². The van der Waals surface area contributed by atoms with Gasteiger partial charge in [-0.2, -0.15) is 0 Å². The van der Waals surface area contributed by atoms with E-state index < -0.39 is 0 Å². The molecule has 1 N–H and O–H groups in total. The Balaban J connectivity index is 1.43. The number of thioether (sulfide) groups is 1. The van der Waals surface area contributed by atoms with Crippen LogP contribution in [0, 0.1) is 18.3 Å². The molecular formula is C23H26N2S. The molecule has 0 unspecified atom stereocenters. The number of allylic oxidation sites excluding steroid dienone is 5. The maximum absolute atomic E-state index is 4.77. The zero-order chi connectivity index (χ0) is 18.1. The summed E-state index contributed by atoms with van der Waals surface area (Å²) in [7, 11) is 0. The number of imidazole rings is 1. The topological polar surface area (TPSA) is 28.7 Å². The number of aromatic amines is 1. The molecule has 1 heterocycles. The second kappa shape index (κ2) is 5.63. The molecule has 3 heteroatoms. The van der Waals surface area contributed by atoms with E-state index in [9.17, 15) is 0 Å². The number of hydrogen-bond acceptors (Lipinski definition) is 2. The molecule has 1 atom stereocenters. The number of benzene rings is 1. The summed E-state index contributed by atoms with van der Waals surface area (Å²) in [5, 5.41) is 1.03. The lowest BCUT2D eigenvalue weighted by Crippen LogP contribution is -2.22. The van der Waals surface area contributed by atoms with E-state index in [0.29, 0.717) is 5.41 Å². The highest BCUT2D eigenvalue weighted by molar-refractivity contribution is 7.99. The fourth-order valence-corrected chi connectivity index (χ4v) is 6.08. The third kappa shape index (κ3) is 2.36. The van der Waals surface area contributed by atoms with Crippen LogP contribution in [0.1, 0.15) is 45.6 Å². The Morgan fingerprint density at radius 1 is 1.23 bits per heavy atom. The van der Waals surface area contributed by atoms with Crippen molar-refractivity contribution >= 4 is 22.8 Å². The third-order valence-corrected chi connectivity index (χ3v) is 7.74. The van der Waals surface area contributed by atoms with E-state index >= 15 is 0 Å². The van der Waals surface area contributed by atoms with Crippen LogP contribution in [-0.2, 0) is 0 Å². The molecule has 2 nitrogen and oxygen atoms in total. The van der Waals surface area contributed by atoms with Crippen LogP contribution in [0.5, 0.6) is 0 Å². The third-order valence-electron chi connectivity index (χ3n) is 6.84. The predicted molar refractivity (Wildman–Crippen MR) is 110 cm³/mol. The fourth-order valence-electron chi connectivity index (χ4n) is 5.08. The summed E-state index contributed by atoms with van der Waals surface area (Å²) >= 11 is 1.84. The molecular weight excluding hydrogens is 336 g/mol. The molecule has 0 aliphatic heterocycles. The summed E-state index contributed by atoms with van der Waals surface area (Å²) in [5.74, 6) is 1.80. The second-order valence-electron chi connectivity index (χ2n) is 8.44. The standard InChI is InChI=1S/C23H26N2S/c1-13-5-6-19-20(9-13)25-22(24-19)26-12-18-14(2)10-17-11-15(3)23(7-8-23)16(4)21(17)18/h5-6,9-10,15H,7-8,11-12H2,1-4H3,(H,24,25)/t15-/m1/s1. The monoisotopic (exact) mass is 362 g/mol. The average molecular weight is 363 g/mol. The van der Waals surface area contributed by atoms with Gasteiger partial charge < -0.3 is 4.98 Å². The Kier molecular flexibility index (Phi) is 3.56. The molecule has 3 aliphatic carbocycles. The van der Waals surface area contributed by atoms with Crippen molar-refractivity contribution in [2.24, 2.45) is 11.3 Å². The quantitative estimate of drug-likeness (QED) is 0.644. The number of hydrogen-bond donors (Lipinski definition) is 1. The van der Waals surface area contributed by atoms with E-state index in [0.717, 1.165) is 27.9 Å². The van der Waals surface area contributed by atoms with Gasteiger partial charge in [0.2, 0.25) is 0 Å². The summed E-state index contributed by atoms with van der Waals surface area (Å²) in [6.45, 7) is 9.26. The summed E-state index contributed by atoms with van der Waals surface area (Å²) in [6.07, 6.45) is 6.48. The minimum Gasteiger partial charge on any atom is -0.333 e. The summed E-state index contributed by atoms with van der Waals surface area (Å²) in [5.41, 5.74) is 11.8. The van der Waals surface area contributed by atoms with Crippen molar-refractivity contribution < 1.29 is 0 Å². The highest BCUT2D eigenvalue weighted by Gasteiger charge is 2.52. The fraction of sp³-hybridized carbons (Fsp3) is 0.435. The number of rotatable bonds is 3. The van der Waals surface area contributed by atoms with E-state index in [1.54, 1.807) is 16.7 Å². The van der Waals surface area contributed by atoms with Gasteiger partial charge in [0.25, 0.3) is 0 Å². The van der Waals surface area contributed by atoms with Gasteiger partial charge in [0, 0.05) is 5.75 Å². The lowest BCUT2D eigenvalue weighted by Gasteiger charge is -2.34. The highest BCUT2D eigenvalue weighted by atomic mass is 32.2. The van der Waals surface area contributed by atoms with E-state index in [4.69, 9.17) is 4.98 Å². The predicted octanol–water partition coefficient (Wildman–Crippen LogP) is 6.36.